The molecule has 0 aromatic heterocycles. The van der Waals surface area contributed by atoms with Crippen molar-refractivity contribution < 1.29 is 8.42 Å². The van der Waals surface area contributed by atoms with Gasteiger partial charge in [-0.25, -0.2) is 8.42 Å². The van der Waals surface area contributed by atoms with Gasteiger partial charge < -0.3 is 10.2 Å². The molecule has 0 aliphatic carbocycles. The van der Waals surface area contributed by atoms with Crippen molar-refractivity contribution in [2.24, 2.45) is 0 Å². The molecule has 0 fully saturated rings. The fourth-order valence-corrected chi connectivity index (χ4v) is 1.95. The molecule has 5 heteroatoms. The smallest absolute Gasteiger partial charge is 0.151 e. The van der Waals surface area contributed by atoms with E-state index < -0.39 is 9.84 Å². The van der Waals surface area contributed by atoms with E-state index in [0.29, 0.717) is 12.6 Å². The molecule has 0 heterocycles. The van der Waals surface area contributed by atoms with Gasteiger partial charge in [0.1, 0.15) is 0 Å². The van der Waals surface area contributed by atoms with E-state index in [-0.39, 0.29) is 11.5 Å². The van der Waals surface area contributed by atoms with Gasteiger partial charge >= 0.3 is 0 Å². The Morgan fingerprint density at radius 3 is 2.38 bits per heavy atom. The first kappa shape index (κ1) is 15.9. The average Bonchev–Trinajstić information content (AvgIpc) is 2.22. The van der Waals surface area contributed by atoms with E-state index in [9.17, 15) is 8.42 Å². The Morgan fingerprint density at radius 1 is 1.25 bits per heavy atom. The Balaban J connectivity index is 3.42. The third-order valence-corrected chi connectivity index (χ3v) is 4.48. The van der Waals surface area contributed by atoms with Crippen LogP contribution in [0, 0.1) is 0 Å². The van der Waals surface area contributed by atoms with Crippen LogP contribution in [0.2, 0.25) is 0 Å². The minimum atomic E-state index is -2.81. The fourth-order valence-electron chi connectivity index (χ4n) is 1.21. The molecule has 0 radical (unpaired) electrons. The Labute approximate surface area is 100 Å². The second kappa shape index (κ2) is 8.03. The highest BCUT2D eigenvalue weighted by atomic mass is 32.2. The van der Waals surface area contributed by atoms with E-state index >= 15 is 0 Å². The van der Waals surface area contributed by atoms with Gasteiger partial charge in [0, 0.05) is 18.3 Å². The zero-order valence-electron chi connectivity index (χ0n) is 11.0. The van der Waals surface area contributed by atoms with Gasteiger partial charge in [0.15, 0.2) is 9.84 Å². The Kier molecular flexibility index (Phi) is 7.97. The van der Waals surface area contributed by atoms with Gasteiger partial charge in [-0.2, -0.15) is 0 Å². The average molecular weight is 250 g/mol. The molecule has 0 aromatic carbocycles. The molecule has 0 aromatic rings. The third kappa shape index (κ3) is 8.07. The predicted molar refractivity (Wildman–Crippen MR) is 69.6 cm³/mol. The lowest BCUT2D eigenvalue weighted by atomic mass is 10.3. The van der Waals surface area contributed by atoms with Crippen molar-refractivity contribution in [1.29, 1.82) is 0 Å². The summed E-state index contributed by atoms with van der Waals surface area (Å²) in [5.41, 5.74) is 0. The minimum Gasteiger partial charge on any atom is -0.316 e. The summed E-state index contributed by atoms with van der Waals surface area (Å²) < 4.78 is 22.4. The third-order valence-electron chi connectivity index (χ3n) is 2.78. The van der Waals surface area contributed by atoms with Gasteiger partial charge in [0.05, 0.1) is 5.75 Å². The lowest BCUT2D eigenvalue weighted by Gasteiger charge is -2.20. The van der Waals surface area contributed by atoms with Crippen LogP contribution in [0.15, 0.2) is 0 Å². The van der Waals surface area contributed by atoms with Crippen LogP contribution in [0.1, 0.15) is 27.2 Å². The van der Waals surface area contributed by atoms with Gasteiger partial charge in [-0.3, -0.25) is 0 Å². The van der Waals surface area contributed by atoms with Crippen LogP contribution < -0.4 is 5.32 Å². The number of hydrogen-bond donors (Lipinski definition) is 1. The standard InChI is InChI=1S/C11H26N2O2S/c1-5-16(14,15)10-8-12-7-6-9-13(4)11(2)3/h11-12H,5-10H2,1-4H3. The summed E-state index contributed by atoms with van der Waals surface area (Å²) in [6.45, 7) is 8.53. The monoisotopic (exact) mass is 250 g/mol. The molecule has 98 valence electrons. The van der Waals surface area contributed by atoms with Crippen molar-refractivity contribution >= 4 is 9.84 Å². The van der Waals surface area contributed by atoms with E-state index in [1.54, 1.807) is 6.92 Å². The molecule has 0 rings (SSSR count). The second-order valence-corrected chi connectivity index (χ2v) is 6.89. The van der Waals surface area contributed by atoms with E-state index in [1.807, 2.05) is 0 Å². The zero-order valence-corrected chi connectivity index (χ0v) is 11.8. The van der Waals surface area contributed by atoms with Crippen LogP contribution in [-0.4, -0.2) is 57.5 Å². The van der Waals surface area contributed by atoms with Crippen molar-refractivity contribution in [3.05, 3.63) is 0 Å². The van der Waals surface area contributed by atoms with Crippen LogP contribution in [0.5, 0.6) is 0 Å². The van der Waals surface area contributed by atoms with Crippen LogP contribution in [0.3, 0.4) is 0 Å². The molecule has 0 aliphatic heterocycles. The predicted octanol–water partition coefficient (Wildman–Crippen LogP) is 0.741. The summed E-state index contributed by atoms with van der Waals surface area (Å²) in [4.78, 5) is 2.28. The quantitative estimate of drug-likeness (QED) is 0.613. The van der Waals surface area contributed by atoms with Gasteiger partial charge in [0.2, 0.25) is 0 Å². The first-order chi connectivity index (χ1) is 7.39. The molecule has 16 heavy (non-hydrogen) atoms. The van der Waals surface area contributed by atoms with Crippen LogP contribution in [0.25, 0.3) is 0 Å². The Hall–Kier alpha value is -0.130. The highest BCUT2D eigenvalue weighted by Gasteiger charge is 2.06. The number of hydrogen-bond acceptors (Lipinski definition) is 4. The van der Waals surface area contributed by atoms with Crippen molar-refractivity contribution in [3.63, 3.8) is 0 Å². The summed E-state index contributed by atoms with van der Waals surface area (Å²) >= 11 is 0. The first-order valence-corrected chi connectivity index (χ1v) is 7.82. The summed E-state index contributed by atoms with van der Waals surface area (Å²) in [6.07, 6.45) is 1.06. The number of nitrogens with one attached hydrogen (secondary N) is 1. The van der Waals surface area contributed by atoms with Crippen molar-refractivity contribution in [1.82, 2.24) is 10.2 Å². The molecule has 1 N–H and O–H groups in total. The second-order valence-electron chi connectivity index (χ2n) is 4.41. The van der Waals surface area contributed by atoms with Gasteiger partial charge in [-0.1, -0.05) is 6.92 Å². The van der Waals surface area contributed by atoms with Gasteiger partial charge in [-0.15, -0.1) is 0 Å². The summed E-state index contributed by atoms with van der Waals surface area (Å²) in [6, 6.07) is 0.570. The summed E-state index contributed by atoms with van der Waals surface area (Å²) in [7, 11) is -0.706. The van der Waals surface area contributed by atoms with Gasteiger partial charge in [0.25, 0.3) is 0 Å². The van der Waals surface area contributed by atoms with Crippen molar-refractivity contribution in [3.8, 4) is 0 Å². The molecule has 0 amide bonds. The maximum atomic E-state index is 11.2. The van der Waals surface area contributed by atoms with Crippen molar-refractivity contribution in [2.45, 2.75) is 33.2 Å². The van der Waals surface area contributed by atoms with Crippen LogP contribution >= 0.6 is 0 Å². The van der Waals surface area contributed by atoms with Crippen LogP contribution in [-0.2, 0) is 9.84 Å². The molecule has 0 aliphatic rings. The fraction of sp³-hybridized carbons (Fsp3) is 1.00. The molecule has 4 nitrogen and oxygen atoms in total. The first-order valence-electron chi connectivity index (χ1n) is 6.00. The Morgan fingerprint density at radius 2 is 1.88 bits per heavy atom. The Bertz CT molecular complexity index is 263. The lowest BCUT2D eigenvalue weighted by Crippen LogP contribution is -2.31. The van der Waals surface area contributed by atoms with E-state index in [4.69, 9.17) is 0 Å². The maximum Gasteiger partial charge on any atom is 0.151 e. The summed E-state index contributed by atoms with van der Waals surface area (Å²) in [5, 5.41) is 3.16. The molecular weight excluding hydrogens is 224 g/mol. The molecule has 0 saturated carbocycles. The normalized spacial score (nSPS) is 12.6. The lowest BCUT2D eigenvalue weighted by molar-refractivity contribution is 0.270. The molecule has 0 saturated heterocycles. The SMILES string of the molecule is CCS(=O)(=O)CCNCCCN(C)C(C)C. The number of nitrogens with zero attached hydrogens (tertiary/aromatic N) is 1. The number of sulfone groups is 1. The molecule has 0 bridgehead atoms. The zero-order chi connectivity index (χ0) is 12.6. The molecule has 0 unspecified atom stereocenters. The van der Waals surface area contributed by atoms with E-state index in [2.05, 4.69) is 31.1 Å². The number of rotatable bonds is 9. The van der Waals surface area contributed by atoms with Crippen LogP contribution in [0.4, 0.5) is 0 Å². The van der Waals surface area contributed by atoms with E-state index in [1.165, 1.54) is 0 Å². The molecule has 0 spiro atoms. The largest absolute Gasteiger partial charge is 0.316 e. The minimum absolute atomic E-state index is 0.241. The van der Waals surface area contributed by atoms with Gasteiger partial charge in [-0.05, 0) is 40.4 Å². The van der Waals surface area contributed by atoms with Crippen molar-refractivity contribution in [2.75, 3.05) is 38.2 Å². The van der Waals surface area contributed by atoms with E-state index in [0.717, 1.165) is 19.5 Å². The maximum absolute atomic E-state index is 11.2. The topological polar surface area (TPSA) is 49.4 Å². The molecule has 0 atom stereocenters. The summed E-state index contributed by atoms with van der Waals surface area (Å²) in [5.74, 6) is 0.494. The highest BCUT2D eigenvalue weighted by molar-refractivity contribution is 7.91. The highest BCUT2D eigenvalue weighted by Crippen LogP contribution is 1.94. The molecular formula is C11H26N2O2S.